The Hall–Kier alpha value is -2.04. The number of hydrogen-bond donors (Lipinski definition) is 3. The van der Waals surface area contributed by atoms with E-state index in [-0.39, 0.29) is 17.3 Å². The Kier molecular flexibility index (Phi) is 3.94. The molecule has 0 atom stereocenters. The first-order valence-electron chi connectivity index (χ1n) is 8.98. The van der Waals surface area contributed by atoms with E-state index < -0.39 is 0 Å². The van der Waals surface area contributed by atoms with Crippen molar-refractivity contribution in [3.05, 3.63) is 35.8 Å². The zero-order chi connectivity index (χ0) is 16.6. The highest BCUT2D eigenvalue weighted by molar-refractivity contribution is 5.85. The first kappa shape index (κ1) is 15.5. The predicted octanol–water partition coefficient (Wildman–Crippen LogP) is 3.97. The third kappa shape index (κ3) is 2.99. The van der Waals surface area contributed by atoms with E-state index in [1.165, 1.54) is 25.3 Å². The first-order valence-corrected chi connectivity index (χ1v) is 8.98. The summed E-state index contributed by atoms with van der Waals surface area (Å²) < 4.78 is 13.6. The number of fused-ring (bicyclic) bond motifs is 1. The van der Waals surface area contributed by atoms with Crippen molar-refractivity contribution >= 4 is 16.9 Å². The van der Waals surface area contributed by atoms with Gasteiger partial charge in [-0.2, -0.15) is 0 Å². The van der Waals surface area contributed by atoms with Crippen LogP contribution in [0.4, 0.5) is 9.18 Å². The number of aromatic amines is 1. The monoisotopic (exact) mass is 329 g/mol. The molecule has 1 aromatic heterocycles. The fourth-order valence-corrected chi connectivity index (χ4v) is 3.96. The topological polar surface area (TPSA) is 56.9 Å². The summed E-state index contributed by atoms with van der Waals surface area (Å²) in [7, 11) is 0. The third-order valence-electron chi connectivity index (χ3n) is 5.60. The van der Waals surface area contributed by atoms with Crippen molar-refractivity contribution in [3.8, 4) is 0 Å². The van der Waals surface area contributed by atoms with Gasteiger partial charge in [0.05, 0.1) is 0 Å². The van der Waals surface area contributed by atoms with Crippen molar-refractivity contribution in [2.75, 3.05) is 6.54 Å². The van der Waals surface area contributed by atoms with Crippen LogP contribution in [0, 0.1) is 5.82 Å². The second-order valence-corrected chi connectivity index (χ2v) is 7.33. The van der Waals surface area contributed by atoms with Crippen LogP contribution < -0.4 is 10.6 Å². The molecule has 0 aliphatic heterocycles. The minimum absolute atomic E-state index is 0.0457. The zero-order valence-electron chi connectivity index (χ0n) is 13.8. The lowest BCUT2D eigenvalue weighted by molar-refractivity contribution is 0.231. The maximum Gasteiger partial charge on any atom is 0.315 e. The molecule has 0 saturated heterocycles. The zero-order valence-corrected chi connectivity index (χ0v) is 13.8. The molecule has 5 heteroatoms. The van der Waals surface area contributed by atoms with E-state index in [9.17, 15) is 9.18 Å². The lowest BCUT2D eigenvalue weighted by Crippen LogP contribution is -2.45. The van der Waals surface area contributed by atoms with E-state index in [4.69, 9.17) is 0 Å². The van der Waals surface area contributed by atoms with Gasteiger partial charge in [0.25, 0.3) is 0 Å². The molecule has 0 unspecified atom stereocenters. The van der Waals surface area contributed by atoms with E-state index in [0.717, 1.165) is 42.1 Å². The van der Waals surface area contributed by atoms with Crippen LogP contribution in [0.1, 0.15) is 50.5 Å². The van der Waals surface area contributed by atoms with Gasteiger partial charge in [0, 0.05) is 35.1 Å². The van der Waals surface area contributed by atoms with Gasteiger partial charge in [-0.05, 0) is 49.4 Å². The number of benzene rings is 1. The van der Waals surface area contributed by atoms with Crippen LogP contribution in [-0.2, 0) is 5.41 Å². The van der Waals surface area contributed by atoms with E-state index in [1.54, 1.807) is 12.1 Å². The largest absolute Gasteiger partial charge is 0.361 e. The van der Waals surface area contributed by atoms with Gasteiger partial charge in [0.1, 0.15) is 5.82 Å². The molecule has 128 valence electrons. The number of rotatable bonds is 4. The molecule has 24 heavy (non-hydrogen) atoms. The molecule has 2 aliphatic carbocycles. The smallest absolute Gasteiger partial charge is 0.315 e. The van der Waals surface area contributed by atoms with Gasteiger partial charge in [-0.1, -0.05) is 19.3 Å². The van der Waals surface area contributed by atoms with Crippen LogP contribution in [0.15, 0.2) is 24.4 Å². The Morgan fingerprint density at radius 2 is 2.04 bits per heavy atom. The Morgan fingerprint density at radius 1 is 1.25 bits per heavy atom. The summed E-state index contributed by atoms with van der Waals surface area (Å²) in [6.07, 6.45) is 9.88. The minimum Gasteiger partial charge on any atom is -0.361 e. The van der Waals surface area contributed by atoms with Gasteiger partial charge in [0.15, 0.2) is 0 Å². The molecule has 3 N–H and O–H groups in total. The number of carbonyl (C=O) groups is 1. The Morgan fingerprint density at radius 3 is 2.79 bits per heavy atom. The maximum atomic E-state index is 13.6. The second-order valence-electron chi connectivity index (χ2n) is 7.33. The Bertz CT molecular complexity index is 744. The van der Waals surface area contributed by atoms with Gasteiger partial charge < -0.3 is 15.6 Å². The molecule has 0 radical (unpaired) electrons. The molecule has 4 rings (SSSR count). The number of nitrogens with one attached hydrogen (secondary N) is 3. The lowest BCUT2D eigenvalue weighted by Gasteiger charge is -2.24. The molecule has 4 nitrogen and oxygen atoms in total. The van der Waals surface area contributed by atoms with Crippen LogP contribution in [0.5, 0.6) is 0 Å². The molecule has 2 saturated carbocycles. The maximum absolute atomic E-state index is 13.6. The van der Waals surface area contributed by atoms with Crippen molar-refractivity contribution in [3.63, 3.8) is 0 Å². The summed E-state index contributed by atoms with van der Waals surface area (Å²) in [6, 6.07) is 5.07. The summed E-state index contributed by atoms with van der Waals surface area (Å²) in [5.41, 5.74) is 2.02. The molecule has 1 aromatic carbocycles. The van der Waals surface area contributed by atoms with E-state index >= 15 is 0 Å². The van der Waals surface area contributed by atoms with Crippen molar-refractivity contribution in [2.45, 2.75) is 56.4 Å². The number of amides is 2. The summed E-state index contributed by atoms with van der Waals surface area (Å²) in [5, 5.41) is 7.07. The van der Waals surface area contributed by atoms with Gasteiger partial charge in [-0.25, -0.2) is 9.18 Å². The number of H-pyrrole nitrogens is 1. The molecule has 0 spiro atoms. The van der Waals surface area contributed by atoms with E-state index in [0.29, 0.717) is 12.6 Å². The minimum atomic E-state index is -0.220. The molecule has 2 amide bonds. The van der Waals surface area contributed by atoms with E-state index in [1.807, 2.05) is 6.20 Å². The predicted molar refractivity (Wildman–Crippen MR) is 92.6 cm³/mol. The summed E-state index contributed by atoms with van der Waals surface area (Å²) in [6.45, 7) is 0.606. The average molecular weight is 329 g/mol. The number of hydrogen-bond acceptors (Lipinski definition) is 1. The number of aromatic nitrogens is 1. The third-order valence-corrected chi connectivity index (χ3v) is 5.60. The fourth-order valence-electron chi connectivity index (χ4n) is 3.96. The molecule has 2 fully saturated rings. The van der Waals surface area contributed by atoms with E-state index in [2.05, 4.69) is 15.6 Å². The van der Waals surface area contributed by atoms with Crippen LogP contribution in [0.25, 0.3) is 10.9 Å². The highest BCUT2D eigenvalue weighted by atomic mass is 19.1. The normalized spacial score (nSPS) is 20.0. The summed E-state index contributed by atoms with van der Waals surface area (Å²) >= 11 is 0. The highest BCUT2D eigenvalue weighted by Gasteiger charge is 2.46. The average Bonchev–Trinajstić information content (AvgIpc) is 3.26. The van der Waals surface area contributed by atoms with Gasteiger partial charge in [-0.3, -0.25) is 0 Å². The standard InChI is InChI=1S/C19H24FN3O/c20-13-6-7-17-15(10-13)16(11-21-17)19(8-9-19)12-22-18(24)23-14-4-2-1-3-5-14/h6-7,10-11,14,21H,1-5,8-9,12H2,(H2,22,23,24). The Labute approximate surface area is 141 Å². The van der Waals surface area contributed by atoms with Gasteiger partial charge in [-0.15, -0.1) is 0 Å². The molecular weight excluding hydrogens is 305 g/mol. The quantitative estimate of drug-likeness (QED) is 0.781. The lowest BCUT2D eigenvalue weighted by atomic mass is 9.95. The number of urea groups is 1. The van der Waals surface area contributed by atoms with Crippen molar-refractivity contribution in [2.24, 2.45) is 0 Å². The molecule has 1 heterocycles. The van der Waals surface area contributed by atoms with Crippen LogP contribution >= 0.6 is 0 Å². The first-order chi connectivity index (χ1) is 11.7. The van der Waals surface area contributed by atoms with Gasteiger partial charge >= 0.3 is 6.03 Å². The van der Waals surface area contributed by atoms with Crippen molar-refractivity contribution < 1.29 is 9.18 Å². The van der Waals surface area contributed by atoms with Crippen LogP contribution in [-0.4, -0.2) is 23.6 Å². The van der Waals surface area contributed by atoms with Crippen molar-refractivity contribution in [1.82, 2.24) is 15.6 Å². The van der Waals surface area contributed by atoms with Crippen molar-refractivity contribution in [1.29, 1.82) is 0 Å². The molecule has 0 bridgehead atoms. The summed E-state index contributed by atoms with van der Waals surface area (Å²) in [4.78, 5) is 15.4. The second kappa shape index (κ2) is 6.11. The number of carbonyl (C=O) groups excluding carboxylic acids is 1. The molecular formula is C19H24FN3O. The highest BCUT2D eigenvalue weighted by Crippen LogP contribution is 2.50. The molecule has 2 aliphatic rings. The SMILES string of the molecule is O=C(NCC1(c2c[nH]c3ccc(F)cc23)CC1)NC1CCCCC1. The van der Waals surface area contributed by atoms with Crippen LogP contribution in [0.2, 0.25) is 0 Å². The Balaban J connectivity index is 1.42. The summed E-state index contributed by atoms with van der Waals surface area (Å²) in [5.74, 6) is -0.220. The number of halogens is 1. The fraction of sp³-hybridized carbons (Fsp3) is 0.526. The molecule has 2 aromatic rings. The van der Waals surface area contributed by atoms with Crippen LogP contribution in [0.3, 0.4) is 0 Å². The van der Waals surface area contributed by atoms with Gasteiger partial charge in [0.2, 0.25) is 0 Å².